The van der Waals surface area contributed by atoms with Crippen molar-refractivity contribution in [2.75, 3.05) is 0 Å². The lowest BCUT2D eigenvalue weighted by atomic mass is 10.2. The van der Waals surface area contributed by atoms with Gasteiger partial charge < -0.3 is 10.4 Å². The maximum absolute atomic E-state index is 11.9. The summed E-state index contributed by atoms with van der Waals surface area (Å²) in [6.07, 6.45) is 1.52. The van der Waals surface area contributed by atoms with Gasteiger partial charge in [0.2, 0.25) is 0 Å². The standard InChI is InChI=1S/C12H10BrN3O3S/c1-6-10(12(18)19)20-9(16-6)5-15-11(17)7-2-3-14-8(13)4-7/h2-4H,5H2,1H3,(H,15,17)(H,18,19). The fourth-order valence-corrected chi connectivity index (χ4v) is 2.74. The van der Waals surface area contributed by atoms with Gasteiger partial charge in [-0.05, 0) is 35.0 Å². The molecule has 0 aliphatic carbocycles. The number of hydrogen-bond acceptors (Lipinski definition) is 5. The number of amides is 1. The van der Waals surface area contributed by atoms with Gasteiger partial charge in [0.1, 0.15) is 14.5 Å². The molecular weight excluding hydrogens is 346 g/mol. The molecule has 6 nitrogen and oxygen atoms in total. The number of carbonyl (C=O) groups is 2. The minimum absolute atomic E-state index is 0.192. The van der Waals surface area contributed by atoms with Gasteiger partial charge in [0, 0.05) is 11.8 Å². The number of halogens is 1. The van der Waals surface area contributed by atoms with Gasteiger partial charge in [0.05, 0.1) is 12.2 Å². The van der Waals surface area contributed by atoms with Gasteiger partial charge in [-0.15, -0.1) is 11.3 Å². The average molecular weight is 356 g/mol. The molecule has 2 rings (SSSR count). The molecule has 2 N–H and O–H groups in total. The number of carboxylic acid groups (broad SMARTS) is 1. The summed E-state index contributed by atoms with van der Waals surface area (Å²) in [5.41, 5.74) is 0.928. The Morgan fingerprint density at radius 3 is 2.85 bits per heavy atom. The Morgan fingerprint density at radius 2 is 2.25 bits per heavy atom. The van der Waals surface area contributed by atoms with E-state index >= 15 is 0 Å². The molecule has 20 heavy (non-hydrogen) atoms. The fourth-order valence-electron chi connectivity index (χ4n) is 1.53. The number of aromatic nitrogens is 2. The fraction of sp³-hybridized carbons (Fsp3) is 0.167. The van der Waals surface area contributed by atoms with Crippen LogP contribution in [0.25, 0.3) is 0 Å². The molecule has 104 valence electrons. The first-order chi connectivity index (χ1) is 9.47. The molecule has 2 heterocycles. The largest absolute Gasteiger partial charge is 0.477 e. The lowest BCUT2D eigenvalue weighted by Gasteiger charge is -2.02. The molecule has 0 aliphatic heterocycles. The average Bonchev–Trinajstić information content (AvgIpc) is 2.77. The van der Waals surface area contributed by atoms with Gasteiger partial charge in [-0.2, -0.15) is 0 Å². The minimum atomic E-state index is -1.00. The number of carbonyl (C=O) groups excluding carboxylic acids is 1. The van der Waals surface area contributed by atoms with Gasteiger partial charge in [-0.25, -0.2) is 14.8 Å². The summed E-state index contributed by atoms with van der Waals surface area (Å²) >= 11 is 4.25. The highest BCUT2D eigenvalue weighted by molar-refractivity contribution is 9.10. The van der Waals surface area contributed by atoms with E-state index in [0.29, 0.717) is 20.9 Å². The van der Waals surface area contributed by atoms with Crippen LogP contribution >= 0.6 is 27.3 Å². The van der Waals surface area contributed by atoms with Crippen LogP contribution in [0.4, 0.5) is 0 Å². The molecule has 0 aliphatic rings. The second kappa shape index (κ2) is 6.10. The zero-order valence-corrected chi connectivity index (χ0v) is 12.8. The van der Waals surface area contributed by atoms with Gasteiger partial charge in [-0.3, -0.25) is 4.79 Å². The highest BCUT2D eigenvalue weighted by Crippen LogP contribution is 2.18. The summed E-state index contributed by atoms with van der Waals surface area (Å²) in [5.74, 6) is -1.27. The molecule has 2 aromatic heterocycles. The predicted octanol–water partition coefficient (Wildman–Crippen LogP) is 2.24. The summed E-state index contributed by atoms with van der Waals surface area (Å²) in [5, 5.41) is 12.2. The van der Waals surface area contributed by atoms with Crippen LogP contribution in [-0.2, 0) is 6.54 Å². The lowest BCUT2D eigenvalue weighted by molar-refractivity contribution is 0.0701. The normalized spacial score (nSPS) is 10.3. The van der Waals surface area contributed by atoms with Gasteiger partial charge in [0.15, 0.2) is 0 Å². The summed E-state index contributed by atoms with van der Waals surface area (Å²) in [7, 11) is 0. The topological polar surface area (TPSA) is 92.2 Å². The highest BCUT2D eigenvalue weighted by Gasteiger charge is 2.14. The van der Waals surface area contributed by atoms with Crippen molar-refractivity contribution in [1.29, 1.82) is 0 Å². The van der Waals surface area contributed by atoms with Gasteiger partial charge in [-0.1, -0.05) is 0 Å². The van der Waals surface area contributed by atoms with E-state index in [9.17, 15) is 9.59 Å². The van der Waals surface area contributed by atoms with Gasteiger partial charge in [0.25, 0.3) is 5.91 Å². The van der Waals surface area contributed by atoms with Crippen LogP contribution in [0.15, 0.2) is 22.9 Å². The molecule has 0 bridgehead atoms. The molecule has 0 saturated carbocycles. The number of thiazole rings is 1. The molecular formula is C12H10BrN3O3S. The van der Waals surface area contributed by atoms with Crippen LogP contribution in [0.3, 0.4) is 0 Å². The van der Waals surface area contributed by atoms with E-state index in [2.05, 4.69) is 31.2 Å². The smallest absolute Gasteiger partial charge is 0.347 e. The van der Waals surface area contributed by atoms with Crippen molar-refractivity contribution in [3.63, 3.8) is 0 Å². The second-order valence-corrected chi connectivity index (χ2v) is 5.77. The van der Waals surface area contributed by atoms with Crippen LogP contribution in [0.5, 0.6) is 0 Å². The maximum atomic E-state index is 11.9. The molecule has 0 fully saturated rings. The zero-order chi connectivity index (χ0) is 14.7. The first-order valence-corrected chi connectivity index (χ1v) is 7.17. The predicted molar refractivity (Wildman–Crippen MR) is 76.9 cm³/mol. The molecule has 0 spiro atoms. The molecule has 0 atom stereocenters. The van der Waals surface area contributed by atoms with Crippen molar-refractivity contribution in [1.82, 2.24) is 15.3 Å². The zero-order valence-electron chi connectivity index (χ0n) is 10.4. The summed E-state index contributed by atoms with van der Waals surface area (Å²) in [6.45, 7) is 1.82. The Hall–Kier alpha value is -1.80. The number of aryl methyl sites for hydroxylation is 1. The van der Waals surface area contributed by atoms with Crippen molar-refractivity contribution < 1.29 is 14.7 Å². The van der Waals surface area contributed by atoms with Crippen LogP contribution in [-0.4, -0.2) is 27.0 Å². The molecule has 2 aromatic rings. The summed E-state index contributed by atoms with van der Waals surface area (Å²) in [6, 6.07) is 3.20. The molecule has 0 unspecified atom stereocenters. The summed E-state index contributed by atoms with van der Waals surface area (Å²) < 4.78 is 0.573. The Balaban J connectivity index is 2.04. The SMILES string of the molecule is Cc1nc(CNC(=O)c2ccnc(Br)c2)sc1C(=O)O. The van der Waals surface area contributed by atoms with Crippen molar-refractivity contribution in [2.24, 2.45) is 0 Å². The quantitative estimate of drug-likeness (QED) is 0.820. The lowest BCUT2D eigenvalue weighted by Crippen LogP contribution is -2.22. The van der Waals surface area contributed by atoms with E-state index in [1.165, 1.54) is 6.20 Å². The minimum Gasteiger partial charge on any atom is -0.477 e. The van der Waals surface area contributed by atoms with Crippen LogP contribution in [0.2, 0.25) is 0 Å². The van der Waals surface area contributed by atoms with Gasteiger partial charge >= 0.3 is 5.97 Å². The van der Waals surface area contributed by atoms with Crippen molar-refractivity contribution >= 4 is 39.1 Å². The van der Waals surface area contributed by atoms with E-state index in [1.54, 1.807) is 19.1 Å². The third kappa shape index (κ3) is 3.40. The number of pyridine rings is 1. The number of carboxylic acids is 1. The molecule has 0 saturated heterocycles. The van der Waals surface area contributed by atoms with E-state index in [-0.39, 0.29) is 17.3 Å². The molecule has 8 heteroatoms. The Kier molecular flexibility index (Phi) is 4.46. The molecule has 0 radical (unpaired) electrons. The van der Waals surface area contributed by atoms with Crippen molar-refractivity contribution in [3.05, 3.63) is 44.1 Å². The van der Waals surface area contributed by atoms with E-state index < -0.39 is 5.97 Å². The molecule has 1 amide bonds. The summed E-state index contributed by atoms with van der Waals surface area (Å²) in [4.78, 5) is 31.0. The second-order valence-electron chi connectivity index (χ2n) is 3.88. The van der Waals surface area contributed by atoms with Crippen LogP contribution in [0.1, 0.15) is 30.7 Å². The number of nitrogens with one attached hydrogen (secondary N) is 1. The molecule has 0 aromatic carbocycles. The van der Waals surface area contributed by atoms with E-state index in [1.807, 2.05) is 0 Å². The number of aromatic carboxylic acids is 1. The Bertz CT molecular complexity index is 672. The van der Waals surface area contributed by atoms with Crippen LogP contribution < -0.4 is 5.32 Å². The van der Waals surface area contributed by atoms with E-state index in [4.69, 9.17) is 5.11 Å². The van der Waals surface area contributed by atoms with Crippen molar-refractivity contribution in [3.8, 4) is 0 Å². The van der Waals surface area contributed by atoms with Crippen molar-refractivity contribution in [2.45, 2.75) is 13.5 Å². The number of rotatable bonds is 4. The Labute approximate surface area is 127 Å². The maximum Gasteiger partial charge on any atom is 0.347 e. The Morgan fingerprint density at radius 1 is 1.50 bits per heavy atom. The monoisotopic (exact) mass is 355 g/mol. The first kappa shape index (κ1) is 14.6. The number of hydrogen-bond donors (Lipinski definition) is 2. The van der Waals surface area contributed by atoms with Crippen LogP contribution in [0, 0.1) is 6.92 Å². The first-order valence-electron chi connectivity index (χ1n) is 5.56. The highest BCUT2D eigenvalue weighted by atomic mass is 79.9. The van der Waals surface area contributed by atoms with E-state index in [0.717, 1.165) is 11.3 Å². The third-order valence-corrected chi connectivity index (χ3v) is 4.00. The number of nitrogens with zero attached hydrogens (tertiary/aromatic N) is 2. The third-order valence-electron chi connectivity index (χ3n) is 2.42.